The first kappa shape index (κ1) is 30.9. The van der Waals surface area contributed by atoms with Gasteiger partial charge in [0, 0.05) is 24.6 Å². The molecule has 1 aliphatic heterocycles. The van der Waals surface area contributed by atoms with Gasteiger partial charge in [-0.15, -0.1) is 0 Å². The van der Waals surface area contributed by atoms with Gasteiger partial charge in [-0.2, -0.15) is 9.48 Å². The second-order valence-corrected chi connectivity index (χ2v) is 12.7. The van der Waals surface area contributed by atoms with Gasteiger partial charge >= 0.3 is 19.4 Å². The third-order valence-corrected chi connectivity index (χ3v) is 9.45. The van der Waals surface area contributed by atoms with Crippen LogP contribution in [0.15, 0.2) is 82.5 Å². The van der Waals surface area contributed by atoms with E-state index in [1.165, 1.54) is 6.92 Å². The molecule has 2 heterocycles. The van der Waals surface area contributed by atoms with E-state index in [9.17, 15) is 28.4 Å². The highest BCUT2D eigenvalue weighted by Crippen LogP contribution is 2.47. The van der Waals surface area contributed by atoms with Crippen LogP contribution in [0.4, 0.5) is 4.39 Å². The van der Waals surface area contributed by atoms with Gasteiger partial charge in [-0.25, -0.2) is 9.36 Å². The van der Waals surface area contributed by atoms with Crippen LogP contribution in [-0.4, -0.2) is 51.6 Å². The molecule has 1 saturated heterocycles. The minimum absolute atomic E-state index is 0.145. The van der Waals surface area contributed by atoms with Crippen molar-refractivity contribution in [3.05, 3.63) is 111 Å². The molecule has 3 aromatic carbocycles. The summed E-state index contributed by atoms with van der Waals surface area (Å²) >= 11 is 0. The number of H-pyrrole nitrogens is 1. The Morgan fingerprint density at radius 1 is 1.11 bits per heavy atom. The van der Waals surface area contributed by atoms with Crippen LogP contribution in [0.5, 0.6) is 5.75 Å². The lowest BCUT2D eigenvalue weighted by atomic mass is 10.1. The molecule has 1 aliphatic carbocycles. The third kappa shape index (κ3) is 6.77. The monoisotopic (exact) mass is 639 g/mol. The van der Waals surface area contributed by atoms with Gasteiger partial charge in [-0.05, 0) is 29.5 Å². The summed E-state index contributed by atoms with van der Waals surface area (Å²) < 4.78 is 52.1. The second kappa shape index (κ2) is 12.7. The van der Waals surface area contributed by atoms with Gasteiger partial charge in [0.2, 0.25) is 5.82 Å². The lowest BCUT2D eigenvalue weighted by Crippen LogP contribution is -2.38. The van der Waals surface area contributed by atoms with E-state index in [0.29, 0.717) is 24.4 Å². The molecule has 2 aliphatic rings. The van der Waals surface area contributed by atoms with Crippen molar-refractivity contribution in [3.8, 4) is 5.75 Å². The van der Waals surface area contributed by atoms with Crippen molar-refractivity contribution in [1.82, 2.24) is 14.6 Å². The lowest BCUT2D eigenvalue weighted by Gasteiger charge is -2.25. The molecule has 1 unspecified atom stereocenters. The number of nitrogens with one attached hydrogen (secondary N) is 2. The number of halogens is 1. The zero-order valence-electron chi connectivity index (χ0n) is 24.1. The van der Waals surface area contributed by atoms with Crippen LogP contribution < -0.4 is 20.9 Å². The van der Waals surface area contributed by atoms with E-state index in [2.05, 4.69) is 5.09 Å². The number of aromatic amines is 1. The number of benzene rings is 3. The Kier molecular flexibility index (Phi) is 8.71. The average Bonchev–Trinajstić information content (AvgIpc) is 3.60. The number of nitrogens with zero attached hydrogens (tertiary/aromatic N) is 1. The standard InChI is InChI=1S/C31H31FN3O9P/c1-18(30(38)42-22-13-20-8-2-3-9-21(20)14-22)34-45(40,44-26-12-6-10-19-7-4-5-11-23(19)26)41-17-27-25(36)15-28(43-27)35-16-24(32)29(37)33-31(35)39/h2-12,16,18,22,25,27-28,36H,13-15,17H2,1H3,(H,34,40)(H,33,37,39)/t18-,25-,27+,28+,45?/m0/s1. The number of rotatable bonds is 10. The summed E-state index contributed by atoms with van der Waals surface area (Å²) in [6, 6.07) is 19.1. The molecule has 0 radical (unpaired) electrons. The molecule has 3 N–H and O–H groups in total. The molecule has 14 heteroatoms. The predicted octanol–water partition coefficient (Wildman–Crippen LogP) is 3.37. The van der Waals surface area contributed by atoms with Crippen LogP contribution in [0.1, 0.15) is 30.7 Å². The van der Waals surface area contributed by atoms with Crippen LogP contribution in [0.3, 0.4) is 0 Å². The van der Waals surface area contributed by atoms with Crippen molar-refractivity contribution >= 4 is 24.5 Å². The van der Waals surface area contributed by atoms with Crippen LogP contribution in [0, 0.1) is 5.82 Å². The number of aliphatic hydroxyl groups is 1. The van der Waals surface area contributed by atoms with Crippen molar-refractivity contribution in [3.63, 3.8) is 0 Å². The Labute approximate surface area is 256 Å². The molecule has 12 nitrogen and oxygen atoms in total. The lowest BCUT2D eigenvalue weighted by molar-refractivity contribution is -0.150. The number of aromatic nitrogens is 2. The SMILES string of the molecule is C[C@H](NP(=O)(OC[C@H]1O[C@@H](n2cc(F)c(=O)[nH]c2=O)C[C@@H]1O)Oc1cccc2ccccc12)C(=O)OC1Cc2ccccc2C1. The summed E-state index contributed by atoms with van der Waals surface area (Å²) in [4.78, 5) is 38.6. The molecule has 1 aromatic heterocycles. The maximum Gasteiger partial charge on any atom is 0.459 e. The maximum absolute atomic E-state index is 14.3. The highest BCUT2D eigenvalue weighted by Gasteiger charge is 2.40. The Morgan fingerprint density at radius 2 is 1.80 bits per heavy atom. The first-order chi connectivity index (χ1) is 21.6. The fourth-order valence-electron chi connectivity index (χ4n) is 5.53. The van der Waals surface area contributed by atoms with Gasteiger partial charge < -0.3 is 19.1 Å². The molecule has 0 amide bonds. The topological polar surface area (TPSA) is 158 Å². The quantitative estimate of drug-likeness (QED) is 0.174. The summed E-state index contributed by atoms with van der Waals surface area (Å²) in [7, 11) is -4.37. The third-order valence-electron chi connectivity index (χ3n) is 7.82. The number of fused-ring (bicyclic) bond motifs is 2. The van der Waals surface area contributed by atoms with E-state index in [4.69, 9.17) is 18.5 Å². The van der Waals surface area contributed by atoms with Gasteiger partial charge in [-0.1, -0.05) is 60.7 Å². The van der Waals surface area contributed by atoms with Crippen molar-refractivity contribution in [1.29, 1.82) is 0 Å². The molecule has 0 spiro atoms. The van der Waals surface area contributed by atoms with E-state index in [1.807, 2.05) is 47.4 Å². The van der Waals surface area contributed by atoms with Crippen molar-refractivity contribution < 1.29 is 37.4 Å². The highest BCUT2D eigenvalue weighted by atomic mass is 31.2. The largest absolute Gasteiger partial charge is 0.461 e. The average molecular weight is 640 g/mol. The van der Waals surface area contributed by atoms with Gasteiger partial charge in [0.05, 0.1) is 18.9 Å². The maximum atomic E-state index is 14.3. The van der Waals surface area contributed by atoms with E-state index < -0.39 is 61.9 Å². The van der Waals surface area contributed by atoms with Gasteiger partial charge in [0.1, 0.15) is 30.2 Å². The van der Waals surface area contributed by atoms with Crippen LogP contribution in [0.25, 0.3) is 10.8 Å². The number of aliphatic hydroxyl groups excluding tert-OH is 1. The summed E-state index contributed by atoms with van der Waals surface area (Å²) in [6.45, 7) is 0.980. The fourth-order valence-corrected chi connectivity index (χ4v) is 7.06. The Hall–Kier alpha value is -4.13. The Balaban J connectivity index is 1.18. The highest BCUT2D eigenvalue weighted by molar-refractivity contribution is 7.52. The number of hydrogen-bond donors (Lipinski definition) is 3. The van der Waals surface area contributed by atoms with Gasteiger partial charge in [-0.3, -0.25) is 23.7 Å². The molecule has 5 atom stereocenters. The smallest absolute Gasteiger partial charge is 0.459 e. The summed E-state index contributed by atoms with van der Waals surface area (Å²) in [5.41, 5.74) is 0.0934. The molecule has 1 fully saturated rings. The predicted molar refractivity (Wildman–Crippen MR) is 160 cm³/mol. The number of carbonyl (C=O) groups is 1. The number of hydrogen-bond acceptors (Lipinski definition) is 9. The van der Waals surface area contributed by atoms with E-state index >= 15 is 0 Å². The molecule has 4 aromatic rings. The van der Waals surface area contributed by atoms with Gasteiger partial charge in [0.15, 0.2) is 0 Å². The first-order valence-corrected chi connectivity index (χ1v) is 15.9. The van der Waals surface area contributed by atoms with Crippen LogP contribution in [-0.2, 0) is 36.2 Å². The van der Waals surface area contributed by atoms with Gasteiger partial charge in [0.25, 0.3) is 5.56 Å². The number of ether oxygens (including phenoxy) is 2. The van der Waals surface area contributed by atoms with Crippen LogP contribution >= 0.6 is 7.75 Å². The van der Waals surface area contributed by atoms with E-state index in [0.717, 1.165) is 21.1 Å². The molecular weight excluding hydrogens is 608 g/mol. The minimum Gasteiger partial charge on any atom is -0.461 e. The van der Waals surface area contributed by atoms with Crippen molar-refractivity contribution in [2.75, 3.05) is 6.61 Å². The summed E-state index contributed by atoms with van der Waals surface area (Å²) in [5.74, 6) is -1.64. The molecule has 236 valence electrons. The first-order valence-electron chi connectivity index (χ1n) is 14.4. The fraction of sp³-hybridized carbons (Fsp3) is 0.323. The van der Waals surface area contributed by atoms with E-state index in [-0.39, 0.29) is 18.3 Å². The zero-order chi connectivity index (χ0) is 31.7. The summed E-state index contributed by atoms with van der Waals surface area (Å²) in [6.07, 6.45) is -2.17. The molecule has 45 heavy (non-hydrogen) atoms. The molecular formula is C31H31FN3O9P. The number of esters is 1. The van der Waals surface area contributed by atoms with Crippen molar-refractivity contribution in [2.24, 2.45) is 0 Å². The molecule has 0 bridgehead atoms. The molecule has 0 saturated carbocycles. The normalized spacial score (nSPS) is 21.7. The minimum atomic E-state index is -4.37. The Bertz CT molecular complexity index is 1870. The van der Waals surface area contributed by atoms with Crippen molar-refractivity contribution in [2.45, 2.75) is 56.8 Å². The zero-order valence-corrected chi connectivity index (χ0v) is 25.0. The Morgan fingerprint density at radius 3 is 2.56 bits per heavy atom. The molecule has 6 rings (SSSR count). The number of carbonyl (C=O) groups excluding carboxylic acids is 1. The van der Waals surface area contributed by atoms with E-state index in [1.54, 1.807) is 24.3 Å². The second-order valence-electron chi connectivity index (χ2n) is 11.0. The summed E-state index contributed by atoms with van der Waals surface area (Å²) in [5, 5.41) is 14.8. The van der Waals surface area contributed by atoms with Crippen LogP contribution in [0.2, 0.25) is 0 Å².